The molecule has 2 heterocycles. The van der Waals surface area contributed by atoms with Gasteiger partial charge in [0, 0.05) is 11.1 Å². The first-order valence-corrected chi connectivity index (χ1v) is 17.2. The molecule has 0 saturated carbocycles. The Morgan fingerprint density at radius 2 is 0.833 bits per heavy atom. The van der Waals surface area contributed by atoms with Gasteiger partial charge in [-0.3, -0.25) is 0 Å². The van der Waals surface area contributed by atoms with Gasteiger partial charge in [0.15, 0.2) is 11.2 Å². The summed E-state index contributed by atoms with van der Waals surface area (Å²) in [5.41, 5.74) is 10.7. The summed E-state index contributed by atoms with van der Waals surface area (Å²) < 4.78 is 12.3. The average molecular weight is 639 g/mol. The number of nitrogens with zero attached hydrogens (tertiary/aromatic N) is 2. The Morgan fingerprint density at radius 1 is 0.479 bits per heavy atom. The molecule has 0 unspecified atom stereocenters. The molecule has 0 amide bonds. The van der Waals surface area contributed by atoms with Crippen LogP contribution in [-0.2, 0) is 10.8 Å². The van der Waals surface area contributed by atoms with Gasteiger partial charge in [-0.25, -0.2) is 9.97 Å². The highest BCUT2D eigenvalue weighted by molar-refractivity contribution is 5.79. The highest BCUT2D eigenvalue weighted by Crippen LogP contribution is 2.39. The lowest BCUT2D eigenvalue weighted by molar-refractivity contribution is 0.284. The van der Waals surface area contributed by atoms with Crippen LogP contribution in [0, 0.1) is 10.8 Å². The van der Waals surface area contributed by atoms with Crippen LogP contribution in [0.5, 0.6) is 0 Å². The maximum Gasteiger partial charge on any atom is 0.227 e. The first-order chi connectivity index (χ1) is 22.4. The molecule has 0 spiro atoms. The standard InChI is InChI=1S/C44H50N2O2/c1-41(2,3)27-43(7,8)33-21-23-37-35(25-33)45-39(47-37)31-17-13-29(14-18-31)11-12-30-15-19-32(20-16-30)40-46-36-26-34(22-24-38(36)48-40)44(9,10)28-42(4,5)6/h11-26H,27-28H2,1-10H3/b12-11+. The van der Waals surface area contributed by atoms with Gasteiger partial charge in [-0.05, 0) is 105 Å². The second-order valence-electron chi connectivity index (χ2n) is 17.2. The van der Waals surface area contributed by atoms with Gasteiger partial charge in [0.1, 0.15) is 11.0 Å². The van der Waals surface area contributed by atoms with Crippen molar-refractivity contribution in [1.82, 2.24) is 9.97 Å². The summed E-state index contributed by atoms with van der Waals surface area (Å²) in [5, 5.41) is 0. The molecule has 6 rings (SSSR count). The number of aromatic nitrogens is 2. The Hall–Kier alpha value is -4.44. The molecule has 0 fully saturated rings. The Balaban J connectivity index is 1.13. The summed E-state index contributed by atoms with van der Waals surface area (Å²) in [4.78, 5) is 9.71. The van der Waals surface area contributed by atoms with Crippen LogP contribution in [0.2, 0.25) is 0 Å². The molecule has 0 saturated heterocycles. The topological polar surface area (TPSA) is 52.1 Å². The van der Waals surface area contributed by atoms with E-state index in [9.17, 15) is 0 Å². The Bertz CT molecular complexity index is 1920. The molecule has 0 aliphatic rings. The molecule has 248 valence electrons. The summed E-state index contributed by atoms with van der Waals surface area (Å²) in [6.07, 6.45) is 6.42. The van der Waals surface area contributed by atoms with E-state index in [1.54, 1.807) is 0 Å². The normalized spacial score (nSPS) is 13.3. The van der Waals surface area contributed by atoms with Gasteiger partial charge in [0.25, 0.3) is 0 Å². The van der Waals surface area contributed by atoms with E-state index < -0.39 is 0 Å². The smallest absolute Gasteiger partial charge is 0.227 e. The third-order valence-electron chi connectivity index (χ3n) is 9.07. The molecule has 4 nitrogen and oxygen atoms in total. The fraction of sp³-hybridized carbons (Fsp3) is 0.364. The maximum absolute atomic E-state index is 6.15. The molecule has 0 aliphatic heterocycles. The summed E-state index contributed by atoms with van der Waals surface area (Å²) in [6.45, 7) is 23.0. The molecule has 0 N–H and O–H groups in total. The van der Waals surface area contributed by atoms with Crippen LogP contribution in [0.1, 0.15) is 104 Å². The third kappa shape index (κ3) is 7.65. The van der Waals surface area contributed by atoms with Crippen LogP contribution in [0.4, 0.5) is 0 Å². The van der Waals surface area contributed by atoms with Crippen LogP contribution >= 0.6 is 0 Å². The van der Waals surface area contributed by atoms with Gasteiger partial charge >= 0.3 is 0 Å². The maximum atomic E-state index is 6.15. The highest BCUT2D eigenvalue weighted by atomic mass is 16.4. The van der Waals surface area contributed by atoms with Crippen LogP contribution < -0.4 is 0 Å². The zero-order valence-electron chi connectivity index (χ0n) is 30.4. The fourth-order valence-corrected chi connectivity index (χ4v) is 7.47. The fourth-order valence-electron chi connectivity index (χ4n) is 7.47. The zero-order valence-corrected chi connectivity index (χ0v) is 30.4. The monoisotopic (exact) mass is 638 g/mol. The van der Waals surface area contributed by atoms with E-state index in [2.05, 4.69) is 166 Å². The molecule has 0 radical (unpaired) electrons. The van der Waals surface area contributed by atoms with Gasteiger partial charge < -0.3 is 8.83 Å². The van der Waals surface area contributed by atoms with Crippen molar-refractivity contribution in [3.05, 3.63) is 107 Å². The predicted molar refractivity (Wildman–Crippen MR) is 202 cm³/mol. The van der Waals surface area contributed by atoms with Gasteiger partial charge in [-0.2, -0.15) is 0 Å². The second-order valence-corrected chi connectivity index (χ2v) is 17.2. The van der Waals surface area contributed by atoms with E-state index in [-0.39, 0.29) is 21.7 Å². The van der Waals surface area contributed by atoms with E-state index in [0.29, 0.717) is 11.8 Å². The molecule has 0 aliphatic carbocycles. The van der Waals surface area contributed by atoms with E-state index in [4.69, 9.17) is 18.8 Å². The minimum atomic E-state index is 0.0535. The molecule has 4 aromatic carbocycles. The average Bonchev–Trinajstić information content (AvgIpc) is 3.62. The van der Waals surface area contributed by atoms with Crippen molar-refractivity contribution >= 4 is 34.4 Å². The van der Waals surface area contributed by atoms with Crippen molar-refractivity contribution in [2.45, 2.75) is 92.9 Å². The number of hydrogen-bond donors (Lipinski definition) is 0. The number of oxazole rings is 2. The van der Waals surface area contributed by atoms with Gasteiger partial charge in [-0.15, -0.1) is 0 Å². The van der Waals surface area contributed by atoms with Crippen molar-refractivity contribution in [3.8, 4) is 22.9 Å². The van der Waals surface area contributed by atoms with Crippen molar-refractivity contribution in [2.24, 2.45) is 10.8 Å². The van der Waals surface area contributed by atoms with Crippen LogP contribution in [0.3, 0.4) is 0 Å². The number of rotatable bonds is 8. The van der Waals surface area contributed by atoms with E-state index >= 15 is 0 Å². The highest BCUT2D eigenvalue weighted by Gasteiger charge is 2.29. The van der Waals surface area contributed by atoms with Crippen LogP contribution in [0.25, 0.3) is 57.3 Å². The summed E-state index contributed by atoms with van der Waals surface area (Å²) in [5.74, 6) is 1.29. The molecule has 6 aromatic rings. The molecule has 0 atom stereocenters. The summed E-state index contributed by atoms with van der Waals surface area (Å²) >= 11 is 0. The predicted octanol–water partition coefficient (Wildman–Crippen LogP) is 12.9. The second kappa shape index (κ2) is 12.2. The third-order valence-corrected chi connectivity index (χ3v) is 9.07. The van der Waals surface area contributed by atoms with Crippen LogP contribution in [-0.4, -0.2) is 9.97 Å². The molecule has 0 bridgehead atoms. The van der Waals surface area contributed by atoms with Crippen molar-refractivity contribution in [1.29, 1.82) is 0 Å². The summed E-state index contributed by atoms with van der Waals surface area (Å²) in [6, 6.07) is 29.5. The van der Waals surface area contributed by atoms with Gasteiger partial charge in [-0.1, -0.05) is 118 Å². The van der Waals surface area contributed by atoms with E-state index in [0.717, 1.165) is 57.3 Å². The minimum Gasteiger partial charge on any atom is -0.436 e. The van der Waals surface area contributed by atoms with Crippen LogP contribution in [0.15, 0.2) is 93.8 Å². The molecule has 48 heavy (non-hydrogen) atoms. The number of hydrogen-bond acceptors (Lipinski definition) is 4. The minimum absolute atomic E-state index is 0.0535. The van der Waals surface area contributed by atoms with Crippen molar-refractivity contribution in [2.75, 3.05) is 0 Å². The Morgan fingerprint density at radius 3 is 1.17 bits per heavy atom. The lowest BCUT2D eigenvalue weighted by Gasteiger charge is -2.33. The SMILES string of the molecule is CC(C)(C)CC(C)(C)c1ccc2oc(-c3ccc(/C=C/c4ccc(-c5nc6cc(C(C)(C)CC(C)(C)C)ccc6o5)cc4)cc3)nc2c1. The largest absolute Gasteiger partial charge is 0.436 e. The molecular weight excluding hydrogens is 588 g/mol. The molecule has 2 aromatic heterocycles. The zero-order chi connectivity index (χ0) is 34.5. The van der Waals surface area contributed by atoms with Crippen molar-refractivity contribution < 1.29 is 8.83 Å². The first kappa shape index (κ1) is 33.5. The Kier molecular flexibility index (Phi) is 8.52. The quantitative estimate of drug-likeness (QED) is 0.156. The molecular formula is C44H50N2O2. The molecule has 4 heteroatoms. The van der Waals surface area contributed by atoms with Gasteiger partial charge in [0.2, 0.25) is 11.8 Å². The lowest BCUT2D eigenvalue weighted by Crippen LogP contribution is -2.24. The first-order valence-electron chi connectivity index (χ1n) is 17.2. The Labute approximate surface area is 286 Å². The lowest BCUT2D eigenvalue weighted by atomic mass is 9.72. The van der Waals surface area contributed by atoms with E-state index in [1.165, 1.54) is 11.1 Å². The van der Waals surface area contributed by atoms with E-state index in [1.807, 2.05) is 0 Å². The number of benzene rings is 4. The van der Waals surface area contributed by atoms with Crippen molar-refractivity contribution in [3.63, 3.8) is 0 Å². The summed E-state index contributed by atoms with van der Waals surface area (Å²) in [7, 11) is 0. The van der Waals surface area contributed by atoms with Gasteiger partial charge in [0.05, 0.1) is 0 Å². The number of fused-ring (bicyclic) bond motifs is 2.